The van der Waals surface area contributed by atoms with E-state index in [2.05, 4.69) is 38.2 Å². The predicted octanol–water partition coefficient (Wildman–Crippen LogP) is 2.77. The summed E-state index contributed by atoms with van der Waals surface area (Å²) in [6, 6.07) is 0. The van der Waals surface area contributed by atoms with E-state index in [1.807, 2.05) is 0 Å². The lowest BCUT2D eigenvalue weighted by Gasteiger charge is -2.27. The minimum atomic E-state index is 0.428. The van der Waals surface area contributed by atoms with Gasteiger partial charge in [0.15, 0.2) is 0 Å². The van der Waals surface area contributed by atoms with Crippen molar-refractivity contribution in [2.24, 2.45) is 22.7 Å². The molecule has 1 fully saturated rings. The molecule has 0 bridgehead atoms. The normalized spacial score (nSPS) is 62.0. The minimum absolute atomic E-state index is 0.428. The smallest absolute Gasteiger partial charge is 0.0101 e. The van der Waals surface area contributed by atoms with Gasteiger partial charge in [0.1, 0.15) is 0 Å². The van der Waals surface area contributed by atoms with Crippen molar-refractivity contribution in [3.63, 3.8) is 0 Å². The van der Waals surface area contributed by atoms with Gasteiger partial charge in [0.05, 0.1) is 0 Å². The van der Waals surface area contributed by atoms with E-state index in [0.717, 1.165) is 11.8 Å². The Bertz CT molecular complexity index is 250. The highest BCUT2D eigenvalue weighted by Crippen LogP contribution is 2.78. The summed E-state index contributed by atoms with van der Waals surface area (Å²) in [6.45, 7) is 4.72. The van der Waals surface area contributed by atoms with Crippen LogP contribution in [-0.2, 0) is 0 Å². The van der Waals surface area contributed by atoms with Crippen molar-refractivity contribution < 1.29 is 0 Å². The summed E-state index contributed by atoms with van der Waals surface area (Å²) in [5.41, 5.74) is 1.07. The van der Waals surface area contributed by atoms with E-state index >= 15 is 0 Å². The molecule has 1 saturated carbocycles. The fourth-order valence-electron chi connectivity index (χ4n) is 3.63. The van der Waals surface area contributed by atoms with Crippen LogP contribution in [0.4, 0.5) is 0 Å². The zero-order chi connectivity index (χ0) is 7.69. The molecule has 0 aromatic carbocycles. The lowest BCUT2D eigenvalue weighted by Crippen LogP contribution is -2.21. The second-order valence-electron chi connectivity index (χ2n) is 4.45. The highest BCUT2D eigenvalue weighted by Gasteiger charge is 2.73. The van der Waals surface area contributed by atoms with Gasteiger partial charge < -0.3 is 0 Å². The van der Waals surface area contributed by atoms with Crippen molar-refractivity contribution in [3.8, 4) is 0 Å². The van der Waals surface area contributed by atoms with E-state index in [-0.39, 0.29) is 0 Å². The molecule has 0 heteroatoms. The molecule has 0 aromatic heterocycles. The van der Waals surface area contributed by atoms with Crippen LogP contribution in [0.2, 0.25) is 0 Å². The molecule has 11 heavy (non-hydrogen) atoms. The first-order valence-electron chi connectivity index (χ1n) is 4.63. The average molecular weight is 146 g/mol. The van der Waals surface area contributed by atoms with Crippen LogP contribution < -0.4 is 0 Å². The van der Waals surface area contributed by atoms with E-state index < -0.39 is 0 Å². The number of hydrogen-bond donors (Lipinski definition) is 0. The molecular formula is C11H14. The van der Waals surface area contributed by atoms with Gasteiger partial charge in [0.25, 0.3) is 0 Å². The van der Waals surface area contributed by atoms with Crippen molar-refractivity contribution in [1.29, 1.82) is 0 Å². The third-order valence-corrected chi connectivity index (χ3v) is 4.35. The Labute approximate surface area is 68.0 Å². The molecule has 0 nitrogen and oxygen atoms in total. The van der Waals surface area contributed by atoms with E-state index in [1.165, 1.54) is 6.42 Å². The molecule has 0 radical (unpaired) electrons. The Morgan fingerprint density at radius 1 is 1.18 bits per heavy atom. The number of rotatable bonds is 1. The van der Waals surface area contributed by atoms with Gasteiger partial charge in [0.2, 0.25) is 0 Å². The lowest BCUT2D eigenvalue weighted by molar-refractivity contribution is 0.289. The summed E-state index contributed by atoms with van der Waals surface area (Å²) in [7, 11) is 0. The van der Waals surface area contributed by atoms with Crippen LogP contribution in [0.25, 0.3) is 0 Å². The Morgan fingerprint density at radius 3 is 2.00 bits per heavy atom. The number of allylic oxidation sites excluding steroid dienone is 4. The van der Waals surface area contributed by atoms with Crippen LogP contribution in [0, 0.1) is 22.7 Å². The zero-order valence-electron chi connectivity index (χ0n) is 7.17. The third kappa shape index (κ3) is 0.378. The van der Waals surface area contributed by atoms with Gasteiger partial charge in [-0.15, -0.1) is 0 Å². The molecule has 3 rings (SSSR count). The lowest BCUT2D eigenvalue weighted by atomic mass is 9.76. The van der Waals surface area contributed by atoms with Gasteiger partial charge in [-0.1, -0.05) is 38.2 Å². The molecule has 58 valence electrons. The van der Waals surface area contributed by atoms with Crippen molar-refractivity contribution in [2.45, 2.75) is 20.3 Å². The second kappa shape index (κ2) is 1.35. The van der Waals surface area contributed by atoms with Gasteiger partial charge in [-0.3, -0.25) is 0 Å². The van der Waals surface area contributed by atoms with Gasteiger partial charge in [-0.25, -0.2) is 0 Å². The first-order chi connectivity index (χ1) is 5.24. The standard InChI is InChI=1S/C11H14/c1-3-11-8-4-6-10(11,2)7-5-9(8)11/h4-9H,3H2,1-2H3. The van der Waals surface area contributed by atoms with Crippen molar-refractivity contribution in [2.75, 3.05) is 0 Å². The summed E-state index contributed by atoms with van der Waals surface area (Å²) in [5, 5.41) is 0. The van der Waals surface area contributed by atoms with E-state index in [0.29, 0.717) is 10.8 Å². The van der Waals surface area contributed by atoms with Crippen molar-refractivity contribution in [1.82, 2.24) is 0 Å². The van der Waals surface area contributed by atoms with Crippen molar-refractivity contribution >= 4 is 0 Å². The molecule has 0 aromatic rings. The Hall–Kier alpha value is -0.520. The topological polar surface area (TPSA) is 0 Å². The zero-order valence-corrected chi connectivity index (χ0v) is 7.17. The fourth-order valence-corrected chi connectivity index (χ4v) is 3.63. The summed E-state index contributed by atoms with van der Waals surface area (Å²) >= 11 is 0. The van der Waals surface area contributed by atoms with Crippen LogP contribution in [0.3, 0.4) is 0 Å². The van der Waals surface area contributed by atoms with Crippen LogP contribution >= 0.6 is 0 Å². The van der Waals surface area contributed by atoms with E-state index in [9.17, 15) is 0 Å². The molecule has 0 heterocycles. The highest BCUT2D eigenvalue weighted by atomic mass is 14.8. The third-order valence-electron chi connectivity index (χ3n) is 4.35. The largest absolute Gasteiger partial charge is 0.0833 e. The monoisotopic (exact) mass is 146 g/mol. The maximum absolute atomic E-state index is 2.44. The Morgan fingerprint density at radius 2 is 1.73 bits per heavy atom. The Balaban J connectivity index is 2.17. The molecule has 3 aliphatic rings. The minimum Gasteiger partial charge on any atom is -0.0833 e. The molecular weight excluding hydrogens is 132 g/mol. The summed E-state index contributed by atoms with van der Waals surface area (Å²) < 4.78 is 0. The van der Waals surface area contributed by atoms with E-state index in [4.69, 9.17) is 0 Å². The molecule has 3 aliphatic carbocycles. The molecule has 0 aliphatic heterocycles. The summed E-state index contributed by atoms with van der Waals surface area (Å²) in [4.78, 5) is 0. The number of hydrogen-bond acceptors (Lipinski definition) is 0. The number of fused-ring (bicyclic) bond motifs is 1. The quantitative estimate of drug-likeness (QED) is 0.499. The average Bonchev–Trinajstić information content (AvgIpc) is 2.50. The van der Waals surface area contributed by atoms with Crippen molar-refractivity contribution in [3.05, 3.63) is 24.3 Å². The molecule has 0 amide bonds. The van der Waals surface area contributed by atoms with Crippen LogP contribution in [0.5, 0.6) is 0 Å². The van der Waals surface area contributed by atoms with Crippen LogP contribution in [-0.4, -0.2) is 0 Å². The second-order valence-corrected chi connectivity index (χ2v) is 4.45. The van der Waals surface area contributed by atoms with Gasteiger partial charge in [0, 0.05) is 5.41 Å². The maximum atomic E-state index is 2.44. The van der Waals surface area contributed by atoms with Crippen LogP contribution in [0.1, 0.15) is 20.3 Å². The maximum Gasteiger partial charge on any atom is 0.0101 e. The fraction of sp³-hybridized carbons (Fsp3) is 0.636. The first-order valence-corrected chi connectivity index (χ1v) is 4.63. The molecule has 2 atom stereocenters. The van der Waals surface area contributed by atoms with Gasteiger partial charge in [-0.05, 0) is 23.7 Å². The van der Waals surface area contributed by atoms with Crippen LogP contribution in [0.15, 0.2) is 24.3 Å². The molecule has 2 unspecified atom stereocenters. The summed E-state index contributed by atoms with van der Waals surface area (Å²) in [6.07, 6.45) is 11.1. The van der Waals surface area contributed by atoms with E-state index in [1.54, 1.807) is 0 Å². The molecule has 0 spiro atoms. The van der Waals surface area contributed by atoms with Gasteiger partial charge in [-0.2, -0.15) is 0 Å². The molecule has 0 N–H and O–H groups in total. The molecule has 0 saturated heterocycles. The first kappa shape index (κ1) is 6.05. The Kier molecular flexibility index (Phi) is 0.742. The SMILES string of the molecule is CCC12C3C=CC1(C)C=CC32. The highest BCUT2D eigenvalue weighted by molar-refractivity contribution is 5.45. The van der Waals surface area contributed by atoms with Gasteiger partial charge >= 0.3 is 0 Å². The summed E-state index contributed by atoms with van der Waals surface area (Å²) in [5.74, 6) is 1.81. The predicted molar refractivity (Wildman–Crippen MR) is 46.1 cm³/mol.